The Labute approximate surface area is 103 Å². The zero-order valence-electron chi connectivity index (χ0n) is 9.15. The maximum absolute atomic E-state index is 5.62. The van der Waals surface area contributed by atoms with Crippen molar-refractivity contribution in [3.05, 3.63) is 40.6 Å². The first-order valence-corrected chi connectivity index (χ1v) is 5.98. The van der Waals surface area contributed by atoms with Crippen LogP contribution in [0.3, 0.4) is 0 Å². The first kappa shape index (κ1) is 11.4. The first-order valence-electron chi connectivity index (χ1n) is 5.19. The molecular weight excluding hydrogens is 266 g/mol. The highest BCUT2D eigenvalue weighted by Crippen LogP contribution is 2.25. The number of nitrogens with two attached hydrogens (primary N) is 1. The zero-order valence-corrected chi connectivity index (χ0v) is 10.7. The van der Waals surface area contributed by atoms with Gasteiger partial charge in [0.1, 0.15) is 0 Å². The third-order valence-electron chi connectivity index (χ3n) is 2.58. The number of aryl methyl sites for hydroxylation is 1. The van der Waals surface area contributed by atoms with Crippen LogP contribution < -0.4 is 5.73 Å². The van der Waals surface area contributed by atoms with Gasteiger partial charge in [0.15, 0.2) is 0 Å². The second-order valence-corrected chi connectivity index (χ2v) is 4.59. The molecule has 0 atom stereocenters. The lowest BCUT2D eigenvalue weighted by Gasteiger charge is -2.05. The van der Waals surface area contributed by atoms with Gasteiger partial charge >= 0.3 is 0 Å². The van der Waals surface area contributed by atoms with Crippen LogP contribution in [0.2, 0.25) is 0 Å². The Balaban J connectivity index is 2.47. The van der Waals surface area contributed by atoms with Crippen molar-refractivity contribution in [2.45, 2.75) is 6.42 Å². The summed E-state index contributed by atoms with van der Waals surface area (Å²) in [7, 11) is 1.95. The average Bonchev–Trinajstić information content (AvgIpc) is 2.61. The van der Waals surface area contributed by atoms with Crippen molar-refractivity contribution in [2.75, 3.05) is 6.54 Å². The number of hydrogen-bond donors (Lipinski definition) is 1. The molecule has 1 aromatic heterocycles. The van der Waals surface area contributed by atoms with E-state index in [1.54, 1.807) is 0 Å². The number of rotatable bonds is 3. The SMILES string of the molecule is Cn1ncc(-c2cccc(Br)c2)c1CCN. The van der Waals surface area contributed by atoms with Gasteiger partial charge in [0.25, 0.3) is 0 Å². The molecule has 84 valence electrons. The second kappa shape index (κ2) is 4.80. The minimum Gasteiger partial charge on any atom is -0.330 e. The molecule has 0 aliphatic heterocycles. The summed E-state index contributed by atoms with van der Waals surface area (Å²) in [5.74, 6) is 0. The van der Waals surface area contributed by atoms with Gasteiger partial charge in [-0.2, -0.15) is 5.10 Å². The van der Waals surface area contributed by atoms with E-state index in [0.29, 0.717) is 6.54 Å². The van der Waals surface area contributed by atoms with Crippen LogP contribution in [-0.2, 0) is 13.5 Å². The fraction of sp³-hybridized carbons (Fsp3) is 0.250. The van der Waals surface area contributed by atoms with E-state index in [-0.39, 0.29) is 0 Å². The summed E-state index contributed by atoms with van der Waals surface area (Å²) in [4.78, 5) is 0. The topological polar surface area (TPSA) is 43.8 Å². The van der Waals surface area contributed by atoms with Crippen molar-refractivity contribution in [3.8, 4) is 11.1 Å². The summed E-state index contributed by atoms with van der Waals surface area (Å²) in [6.07, 6.45) is 2.74. The summed E-state index contributed by atoms with van der Waals surface area (Å²) in [6.45, 7) is 0.639. The number of aromatic nitrogens is 2. The van der Waals surface area contributed by atoms with Crippen LogP contribution in [0.1, 0.15) is 5.69 Å². The largest absolute Gasteiger partial charge is 0.330 e. The quantitative estimate of drug-likeness (QED) is 0.938. The molecule has 0 bridgehead atoms. The van der Waals surface area contributed by atoms with Gasteiger partial charge in [0.2, 0.25) is 0 Å². The van der Waals surface area contributed by atoms with Crippen molar-refractivity contribution in [1.82, 2.24) is 9.78 Å². The van der Waals surface area contributed by atoms with Crippen molar-refractivity contribution < 1.29 is 0 Å². The van der Waals surface area contributed by atoms with E-state index >= 15 is 0 Å². The summed E-state index contributed by atoms with van der Waals surface area (Å²) in [6, 6.07) is 8.22. The van der Waals surface area contributed by atoms with Gasteiger partial charge in [-0.05, 0) is 24.2 Å². The van der Waals surface area contributed by atoms with Crippen molar-refractivity contribution in [2.24, 2.45) is 12.8 Å². The zero-order chi connectivity index (χ0) is 11.5. The number of hydrogen-bond acceptors (Lipinski definition) is 2. The van der Waals surface area contributed by atoms with Crippen LogP contribution in [0.4, 0.5) is 0 Å². The lowest BCUT2D eigenvalue weighted by atomic mass is 10.1. The predicted molar refractivity (Wildman–Crippen MR) is 69.1 cm³/mol. The normalized spacial score (nSPS) is 10.7. The van der Waals surface area contributed by atoms with E-state index in [4.69, 9.17) is 5.73 Å². The van der Waals surface area contributed by atoms with Gasteiger partial charge in [0.05, 0.1) is 6.20 Å². The fourth-order valence-corrected chi connectivity index (χ4v) is 2.19. The van der Waals surface area contributed by atoms with Gasteiger partial charge in [-0.15, -0.1) is 0 Å². The second-order valence-electron chi connectivity index (χ2n) is 3.68. The van der Waals surface area contributed by atoms with Crippen LogP contribution in [0.25, 0.3) is 11.1 Å². The van der Waals surface area contributed by atoms with E-state index in [1.165, 1.54) is 11.3 Å². The summed E-state index contributed by atoms with van der Waals surface area (Å²) in [5, 5.41) is 4.29. The van der Waals surface area contributed by atoms with Gasteiger partial charge in [0, 0.05) is 29.2 Å². The van der Waals surface area contributed by atoms with E-state index < -0.39 is 0 Å². The Hall–Kier alpha value is -1.13. The van der Waals surface area contributed by atoms with Crippen molar-refractivity contribution in [3.63, 3.8) is 0 Å². The van der Waals surface area contributed by atoms with Gasteiger partial charge in [-0.1, -0.05) is 28.1 Å². The summed E-state index contributed by atoms with van der Waals surface area (Å²) >= 11 is 3.48. The van der Waals surface area contributed by atoms with E-state index in [1.807, 2.05) is 30.1 Å². The molecule has 4 heteroatoms. The first-order chi connectivity index (χ1) is 7.72. The Morgan fingerprint density at radius 1 is 1.44 bits per heavy atom. The predicted octanol–water partition coefficient (Wildman–Crippen LogP) is 2.35. The molecule has 2 aromatic rings. The van der Waals surface area contributed by atoms with Crippen LogP contribution in [-0.4, -0.2) is 16.3 Å². The lowest BCUT2D eigenvalue weighted by Crippen LogP contribution is -2.08. The smallest absolute Gasteiger partial charge is 0.0571 e. The minimum absolute atomic E-state index is 0.639. The highest BCUT2D eigenvalue weighted by Gasteiger charge is 2.09. The Bertz CT molecular complexity index is 491. The van der Waals surface area contributed by atoms with Crippen LogP contribution in [0.15, 0.2) is 34.9 Å². The third kappa shape index (κ3) is 2.18. The Kier molecular flexibility index (Phi) is 3.41. The third-order valence-corrected chi connectivity index (χ3v) is 3.07. The van der Waals surface area contributed by atoms with Gasteiger partial charge in [-0.25, -0.2) is 0 Å². The van der Waals surface area contributed by atoms with Crippen LogP contribution >= 0.6 is 15.9 Å². The molecule has 0 saturated heterocycles. The molecule has 0 saturated carbocycles. The Morgan fingerprint density at radius 3 is 2.94 bits per heavy atom. The molecule has 0 aliphatic rings. The summed E-state index contributed by atoms with van der Waals surface area (Å²) < 4.78 is 2.97. The van der Waals surface area contributed by atoms with E-state index in [9.17, 15) is 0 Å². The lowest BCUT2D eigenvalue weighted by molar-refractivity contribution is 0.707. The van der Waals surface area contributed by atoms with Crippen LogP contribution in [0, 0.1) is 0 Å². The highest BCUT2D eigenvalue weighted by molar-refractivity contribution is 9.10. The molecule has 0 radical (unpaired) electrons. The molecule has 0 fully saturated rings. The van der Waals surface area contributed by atoms with Crippen LogP contribution in [0.5, 0.6) is 0 Å². The molecule has 2 rings (SSSR count). The maximum Gasteiger partial charge on any atom is 0.0571 e. The maximum atomic E-state index is 5.62. The number of halogens is 1. The molecule has 0 spiro atoms. The molecule has 0 amide bonds. The Morgan fingerprint density at radius 2 is 2.25 bits per heavy atom. The van der Waals surface area contributed by atoms with Crippen molar-refractivity contribution >= 4 is 15.9 Å². The molecule has 1 aromatic carbocycles. The molecule has 0 unspecified atom stereocenters. The average molecular weight is 280 g/mol. The molecule has 16 heavy (non-hydrogen) atoms. The monoisotopic (exact) mass is 279 g/mol. The van der Waals surface area contributed by atoms with E-state index in [0.717, 1.165) is 16.5 Å². The number of nitrogens with zero attached hydrogens (tertiary/aromatic N) is 2. The molecule has 0 aliphatic carbocycles. The molecule has 1 heterocycles. The highest BCUT2D eigenvalue weighted by atomic mass is 79.9. The fourth-order valence-electron chi connectivity index (χ4n) is 1.79. The van der Waals surface area contributed by atoms with E-state index in [2.05, 4.69) is 33.2 Å². The minimum atomic E-state index is 0.639. The molecule has 3 nitrogen and oxygen atoms in total. The van der Waals surface area contributed by atoms with Gasteiger partial charge < -0.3 is 5.73 Å². The number of benzene rings is 1. The standard InChI is InChI=1S/C12H14BrN3/c1-16-12(5-6-14)11(8-15-16)9-3-2-4-10(13)7-9/h2-4,7-8H,5-6,14H2,1H3. The van der Waals surface area contributed by atoms with Gasteiger partial charge in [-0.3, -0.25) is 4.68 Å². The van der Waals surface area contributed by atoms with Crippen molar-refractivity contribution in [1.29, 1.82) is 0 Å². The molecular formula is C12H14BrN3. The summed E-state index contributed by atoms with van der Waals surface area (Å²) in [5.41, 5.74) is 9.13. The molecule has 2 N–H and O–H groups in total.